The SMILES string of the molecule is CN=C(NCCS(=O)(=O)NCC1CCCCO1)NC1C2CCOC2C1(C)C.I. The summed E-state index contributed by atoms with van der Waals surface area (Å²) in [6.07, 6.45) is 4.44. The number of nitrogens with zero attached hydrogens (tertiary/aromatic N) is 1. The third-order valence-corrected chi connectivity index (χ3v) is 7.43. The van der Waals surface area contributed by atoms with E-state index in [1.807, 2.05) is 0 Å². The molecule has 2 aliphatic heterocycles. The van der Waals surface area contributed by atoms with Crippen LogP contribution >= 0.6 is 24.0 Å². The first-order valence-electron chi connectivity index (χ1n) is 10.0. The number of ether oxygens (including phenoxy) is 2. The van der Waals surface area contributed by atoms with Crippen LogP contribution in [0.2, 0.25) is 0 Å². The zero-order valence-electron chi connectivity index (χ0n) is 17.1. The molecule has 0 aromatic rings. The molecule has 0 radical (unpaired) electrons. The minimum Gasteiger partial charge on any atom is -0.377 e. The third kappa shape index (κ3) is 5.71. The first-order valence-corrected chi connectivity index (χ1v) is 11.7. The summed E-state index contributed by atoms with van der Waals surface area (Å²) in [7, 11) is -1.63. The van der Waals surface area contributed by atoms with Gasteiger partial charge in [0, 0.05) is 50.7 Å². The lowest BCUT2D eigenvalue weighted by Crippen LogP contribution is -2.68. The van der Waals surface area contributed by atoms with Gasteiger partial charge in [-0.25, -0.2) is 13.1 Å². The lowest BCUT2D eigenvalue weighted by Gasteiger charge is -2.54. The molecule has 0 aromatic carbocycles. The van der Waals surface area contributed by atoms with Crippen LogP contribution in [-0.2, 0) is 19.5 Å². The van der Waals surface area contributed by atoms with Crippen molar-refractivity contribution in [3.63, 3.8) is 0 Å². The van der Waals surface area contributed by atoms with Crippen LogP contribution in [0.1, 0.15) is 39.5 Å². The molecule has 3 fully saturated rings. The maximum atomic E-state index is 12.2. The molecule has 0 bridgehead atoms. The molecule has 0 spiro atoms. The fourth-order valence-electron chi connectivity index (χ4n) is 4.52. The molecule has 4 atom stereocenters. The Hall–Kier alpha value is -0.170. The number of halogens is 1. The third-order valence-electron chi connectivity index (χ3n) is 6.08. The molecular weight excluding hydrogens is 495 g/mol. The zero-order chi connectivity index (χ0) is 19.5. The quantitative estimate of drug-likeness (QED) is 0.259. The van der Waals surface area contributed by atoms with E-state index in [1.54, 1.807) is 7.05 Å². The van der Waals surface area contributed by atoms with E-state index in [4.69, 9.17) is 9.47 Å². The predicted octanol–water partition coefficient (Wildman–Crippen LogP) is 1.07. The average Bonchev–Trinajstić information content (AvgIpc) is 3.11. The minimum absolute atomic E-state index is 0. The molecule has 1 saturated carbocycles. The van der Waals surface area contributed by atoms with Crippen molar-refractivity contribution in [2.45, 2.75) is 57.8 Å². The van der Waals surface area contributed by atoms with E-state index < -0.39 is 10.0 Å². The molecule has 3 aliphatic rings. The molecule has 2 saturated heterocycles. The Morgan fingerprint density at radius 3 is 2.64 bits per heavy atom. The Balaban J connectivity index is 0.00000280. The monoisotopic (exact) mass is 530 g/mol. The predicted molar refractivity (Wildman–Crippen MR) is 121 cm³/mol. The van der Waals surface area contributed by atoms with E-state index in [2.05, 4.69) is 34.2 Å². The van der Waals surface area contributed by atoms with Crippen LogP contribution in [-0.4, -0.2) is 71.7 Å². The Labute approximate surface area is 186 Å². The van der Waals surface area contributed by atoms with Gasteiger partial charge in [0.2, 0.25) is 10.0 Å². The first-order chi connectivity index (χ1) is 12.8. The zero-order valence-corrected chi connectivity index (χ0v) is 20.2. The lowest BCUT2D eigenvalue weighted by molar-refractivity contribution is -0.106. The number of rotatable bonds is 7. The van der Waals surface area contributed by atoms with Crippen molar-refractivity contribution in [2.75, 3.05) is 39.1 Å². The lowest BCUT2D eigenvalue weighted by atomic mass is 9.57. The molecule has 3 N–H and O–H groups in total. The minimum atomic E-state index is -3.34. The van der Waals surface area contributed by atoms with Crippen LogP contribution in [0.4, 0.5) is 0 Å². The molecule has 0 aromatic heterocycles. The van der Waals surface area contributed by atoms with E-state index in [9.17, 15) is 8.42 Å². The summed E-state index contributed by atoms with van der Waals surface area (Å²) in [6.45, 7) is 6.60. The number of nitrogens with one attached hydrogen (secondary N) is 3. The fraction of sp³-hybridized carbons (Fsp3) is 0.944. The van der Waals surface area contributed by atoms with Gasteiger partial charge in [0.05, 0.1) is 18.0 Å². The smallest absolute Gasteiger partial charge is 0.213 e. The standard InChI is InChI=1S/C18H34N4O4S.HI/c1-18(2)15(14-7-10-26-16(14)18)22-17(19-3)20-8-11-27(23,24)21-12-13-6-4-5-9-25-13;/h13-16,21H,4-12H2,1-3H3,(H2,19,20,22);1H. The van der Waals surface area contributed by atoms with Gasteiger partial charge in [0.15, 0.2) is 5.96 Å². The highest BCUT2D eigenvalue weighted by Gasteiger charge is 2.59. The second-order valence-electron chi connectivity index (χ2n) is 8.34. The topological polar surface area (TPSA) is 101 Å². The first kappa shape index (κ1) is 24.1. The molecule has 3 rings (SSSR count). The van der Waals surface area contributed by atoms with Crippen LogP contribution in [0.15, 0.2) is 4.99 Å². The maximum Gasteiger partial charge on any atom is 0.213 e. The average molecular weight is 530 g/mol. The molecule has 8 nitrogen and oxygen atoms in total. The number of hydrogen-bond acceptors (Lipinski definition) is 5. The van der Waals surface area contributed by atoms with Gasteiger partial charge in [-0.1, -0.05) is 13.8 Å². The highest BCUT2D eigenvalue weighted by molar-refractivity contribution is 14.0. The Bertz CT molecular complexity index is 637. The van der Waals surface area contributed by atoms with Crippen LogP contribution in [0.5, 0.6) is 0 Å². The van der Waals surface area contributed by atoms with Crippen LogP contribution < -0.4 is 15.4 Å². The second-order valence-corrected chi connectivity index (χ2v) is 10.3. The number of aliphatic imine (C=N–C) groups is 1. The van der Waals surface area contributed by atoms with Gasteiger partial charge >= 0.3 is 0 Å². The molecule has 10 heteroatoms. The van der Waals surface area contributed by atoms with E-state index in [0.717, 1.165) is 38.9 Å². The van der Waals surface area contributed by atoms with Crippen molar-refractivity contribution >= 4 is 40.0 Å². The van der Waals surface area contributed by atoms with Crippen molar-refractivity contribution in [3.05, 3.63) is 0 Å². The van der Waals surface area contributed by atoms with E-state index in [1.165, 1.54) is 0 Å². The highest BCUT2D eigenvalue weighted by Crippen LogP contribution is 2.52. The molecule has 28 heavy (non-hydrogen) atoms. The number of hydrogen-bond donors (Lipinski definition) is 3. The molecule has 1 aliphatic carbocycles. The number of sulfonamides is 1. The summed E-state index contributed by atoms with van der Waals surface area (Å²) >= 11 is 0. The molecule has 0 amide bonds. The summed E-state index contributed by atoms with van der Waals surface area (Å²) in [5.74, 6) is 1.15. The second kappa shape index (κ2) is 10.2. The summed E-state index contributed by atoms with van der Waals surface area (Å²) in [5.41, 5.74) is 0.0480. The van der Waals surface area contributed by atoms with Crippen molar-refractivity contribution in [1.29, 1.82) is 0 Å². The molecule has 164 valence electrons. The Kier molecular flexibility index (Phi) is 8.81. The van der Waals surface area contributed by atoms with Gasteiger partial charge < -0.3 is 20.1 Å². The Morgan fingerprint density at radius 1 is 1.18 bits per heavy atom. The Morgan fingerprint density at radius 2 is 1.96 bits per heavy atom. The van der Waals surface area contributed by atoms with Gasteiger partial charge in [-0.05, 0) is 25.7 Å². The van der Waals surface area contributed by atoms with Crippen molar-refractivity contribution < 1.29 is 17.9 Å². The van der Waals surface area contributed by atoms with Gasteiger partial charge in [-0.3, -0.25) is 4.99 Å². The molecule has 2 heterocycles. The van der Waals surface area contributed by atoms with Crippen LogP contribution in [0.3, 0.4) is 0 Å². The number of fused-ring (bicyclic) bond motifs is 1. The van der Waals surface area contributed by atoms with E-state index in [-0.39, 0.29) is 47.3 Å². The van der Waals surface area contributed by atoms with Gasteiger partial charge in [-0.15, -0.1) is 24.0 Å². The van der Waals surface area contributed by atoms with E-state index >= 15 is 0 Å². The number of guanidine groups is 1. The van der Waals surface area contributed by atoms with Crippen molar-refractivity contribution in [3.8, 4) is 0 Å². The van der Waals surface area contributed by atoms with Gasteiger partial charge in [0.1, 0.15) is 0 Å². The van der Waals surface area contributed by atoms with Crippen LogP contribution in [0, 0.1) is 11.3 Å². The summed E-state index contributed by atoms with van der Waals surface area (Å²) in [4.78, 5) is 4.25. The van der Waals surface area contributed by atoms with Crippen molar-refractivity contribution in [1.82, 2.24) is 15.4 Å². The van der Waals surface area contributed by atoms with Crippen molar-refractivity contribution in [2.24, 2.45) is 16.3 Å². The van der Waals surface area contributed by atoms with E-state index in [0.29, 0.717) is 31.1 Å². The van der Waals surface area contributed by atoms with Crippen LogP contribution in [0.25, 0.3) is 0 Å². The molecule has 4 unspecified atom stereocenters. The van der Waals surface area contributed by atoms with Gasteiger partial charge in [0.25, 0.3) is 0 Å². The normalized spacial score (nSPS) is 32.0. The largest absolute Gasteiger partial charge is 0.377 e. The summed E-state index contributed by atoms with van der Waals surface area (Å²) < 4.78 is 38.4. The summed E-state index contributed by atoms with van der Waals surface area (Å²) in [5, 5.41) is 6.59. The van der Waals surface area contributed by atoms with Gasteiger partial charge in [-0.2, -0.15) is 0 Å². The maximum absolute atomic E-state index is 12.2. The highest BCUT2D eigenvalue weighted by atomic mass is 127. The molecular formula is C18H35IN4O4S. The fourth-order valence-corrected chi connectivity index (χ4v) is 5.48. The summed E-state index contributed by atoms with van der Waals surface area (Å²) in [6, 6.07) is 0.286.